The van der Waals surface area contributed by atoms with Gasteiger partial charge in [-0.3, -0.25) is 4.90 Å². The summed E-state index contributed by atoms with van der Waals surface area (Å²) in [6.07, 6.45) is 5.21. The Bertz CT molecular complexity index is 806. The number of piperidine rings is 1. The topological polar surface area (TPSA) is 53.5 Å². The largest absolute Gasteiger partial charge is 0.378 e. The first-order chi connectivity index (χ1) is 13.2. The molecule has 0 amide bonds. The first-order valence-corrected chi connectivity index (χ1v) is 11.2. The van der Waals surface area contributed by atoms with Crippen molar-refractivity contribution in [1.29, 1.82) is 0 Å². The number of morpholine rings is 1. The molecule has 0 aliphatic carbocycles. The van der Waals surface area contributed by atoms with Gasteiger partial charge in [-0.15, -0.1) is 11.3 Å². The Hall–Kier alpha value is -0.990. The summed E-state index contributed by atoms with van der Waals surface area (Å²) >= 11 is 8.04. The van der Waals surface area contributed by atoms with Gasteiger partial charge in [0, 0.05) is 43.1 Å². The fourth-order valence-corrected chi connectivity index (χ4v) is 5.99. The van der Waals surface area contributed by atoms with Crippen molar-refractivity contribution in [2.24, 2.45) is 0 Å². The van der Waals surface area contributed by atoms with Gasteiger partial charge in [-0.1, -0.05) is 0 Å². The average molecular weight is 408 g/mol. The number of hydrogen-bond donors (Lipinski definition) is 1. The van der Waals surface area contributed by atoms with Gasteiger partial charge in [0.1, 0.15) is 0 Å². The number of halogens is 1. The molecule has 2 aromatic rings. The van der Waals surface area contributed by atoms with Crippen molar-refractivity contribution < 1.29 is 4.74 Å². The van der Waals surface area contributed by atoms with Crippen LogP contribution in [-0.2, 0) is 11.3 Å². The van der Waals surface area contributed by atoms with Crippen LogP contribution in [0.15, 0.2) is 6.07 Å². The van der Waals surface area contributed by atoms with Crippen molar-refractivity contribution in [3.63, 3.8) is 0 Å². The van der Waals surface area contributed by atoms with Crippen molar-refractivity contribution in [2.75, 3.05) is 50.8 Å². The fourth-order valence-electron chi connectivity index (χ4n) is 4.66. The molecule has 8 heteroatoms. The number of anilines is 1. The minimum Gasteiger partial charge on any atom is -0.378 e. The van der Waals surface area contributed by atoms with Crippen LogP contribution in [0.4, 0.5) is 5.82 Å². The van der Waals surface area contributed by atoms with Crippen LogP contribution >= 0.6 is 22.9 Å². The van der Waals surface area contributed by atoms with Gasteiger partial charge in [0.15, 0.2) is 5.82 Å². The van der Waals surface area contributed by atoms with E-state index in [9.17, 15) is 0 Å². The average Bonchev–Trinajstić information content (AvgIpc) is 3.30. The summed E-state index contributed by atoms with van der Waals surface area (Å²) in [4.78, 5) is 15.2. The zero-order valence-electron chi connectivity index (χ0n) is 15.5. The third-order valence-electron chi connectivity index (χ3n) is 6.21. The molecule has 2 aromatic heterocycles. The van der Waals surface area contributed by atoms with Crippen molar-refractivity contribution in [3.05, 3.63) is 16.2 Å². The van der Waals surface area contributed by atoms with Gasteiger partial charge in [0.25, 0.3) is 0 Å². The van der Waals surface area contributed by atoms with E-state index >= 15 is 0 Å². The minimum absolute atomic E-state index is 0.334. The standard InChI is InChI=1S/C19H26ClN5OS/c20-18-22-15-12-14(13-24-6-3-19(4-7-24)2-1-5-21-19)27-16(15)17(23-18)25-8-10-26-11-9-25/h12,21H,1-11,13H2. The van der Waals surface area contributed by atoms with E-state index in [1.807, 2.05) is 11.3 Å². The van der Waals surface area contributed by atoms with E-state index in [0.29, 0.717) is 10.8 Å². The van der Waals surface area contributed by atoms with Gasteiger partial charge in [-0.05, 0) is 49.9 Å². The first-order valence-electron chi connectivity index (χ1n) is 9.97. The predicted molar refractivity (Wildman–Crippen MR) is 110 cm³/mol. The summed E-state index contributed by atoms with van der Waals surface area (Å²) in [5.74, 6) is 0.970. The maximum absolute atomic E-state index is 6.22. The van der Waals surface area contributed by atoms with Crippen LogP contribution in [-0.4, -0.2) is 66.3 Å². The van der Waals surface area contributed by atoms with E-state index in [-0.39, 0.29) is 0 Å². The number of rotatable bonds is 3. The van der Waals surface area contributed by atoms with Crippen LogP contribution in [0, 0.1) is 0 Å². The van der Waals surface area contributed by atoms with Crippen LogP contribution in [0.3, 0.4) is 0 Å². The first kappa shape index (κ1) is 18.1. The number of fused-ring (bicyclic) bond motifs is 1. The van der Waals surface area contributed by atoms with Gasteiger partial charge in [0.05, 0.1) is 23.4 Å². The van der Waals surface area contributed by atoms with Gasteiger partial charge >= 0.3 is 0 Å². The van der Waals surface area contributed by atoms with Crippen LogP contribution < -0.4 is 10.2 Å². The Balaban J connectivity index is 1.34. The Morgan fingerprint density at radius 2 is 1.96 bits per heavy atom. The lowest BCUT2D eigenvalue weighted by Crippen LogP contribution is -2.49. The van der Waals surface area contributed by atoms with Gasteiger partial charge in [-0.2, -0.15) is 4.98 Å². The summed E-state index contributed by atoms with van der Waals surface area (Å²) in [6.45, 7) is 7.73. The summed E-state index contributed by atoms with van der Waals surface area (Å²) in [7, 11) is 0. The van der Waals surface area contributed by atoms with Crippen molar-refractivity contribution >= 4 is 39.0 Å². The lowest BCUT2D eigenvalue weighted by atomic mass is 9.86. The quantitative estimate of drug-likeness (QED) is 0.789. The van der Waals surface area contributed by atoms with Crippen molar-refractivity contribution in [3.8, 4) is 0 Å². The molecule has 0 aromatic carbocycles. The van der Waals surface area contributed by atoms with Crippen LogP contribution in [0.25, 0.3) is 10.2 Å². The van der Waals surface area contributed by atoms with Crippen LogP contribution in [0.2, 0.25) is 5.28 Å². The van der Waals surface area contributed by atoms with E-state index in [1.165, 1.54) is 50.2 Å². The Morgan fingerprint density at radius 1 is 1.15 bits per heavy atom. The molecule has 27 heavy (non-hydrogen) atoms. The Kier molecular flexibility index (Phi) is 4.98. The third kappa shape index (κ3) is 3.68. The monoisotopic (exact) mass is 407 g/mol. The maximum atomic E-state index is 6.22. The van der Waals surface area contributed by atoms with Gasteiger partial charge in [-0.25, -0.2) is 4.98 Å². The summed E-state index contributed by atoms with van der Waals surface area (Å²) in [5.41, 5.74) is 1.40. The highest BCUT2D eigenvalue weighted by molar-refractivity contribution is 7.19. The number of hydrogen-bond acceptors (Lipinski definition) is 7. The summed E-state index contributed by atoms with van der Waals surface area (Å²) in [6, 6.07) is 2.20. The SMILES string of the molecule is Clc1nc(N2CCOCC2)c2sc(CN3CCC4(CCCN4)CC3)cc2n1. The second-order valence-corrected chi connectivity index (χ2v) is 9.40. The normalized spacial score (nSPS) is 23.5. The van der Waals surface area contributed by atoms with E-state index < -0.39 is 0 Å². The molecule has 5 heterocycles. The number of nitrogens with zero attached hydrogens (tertiary/aromatic N) is 4. The molecule has 146 valence electrons. The van der Waals surface area contributed by atoms with Crippen LogP contribution in [0.5, 0.6) is 0 Å². The summed E-state index contributed by atoms with van der Waals surface area (Å²) in [5, 5.41) is 4.09. The van der Waals surface area contributed by atoms with E-state index in [4.69, 9.17) is 16.3 Å². The van der Waals surface area contributed by atoms with Gasteiger partial charge < -0.3 is 15.0 Å². The van der Waals surface area contributed by atoms with E-state index in [1.54, 1.807) is 0 Å². The summed E-state index contributed by atoms with van der Waals surface area (Å²) < 4.78 is 6.64. The molecule has 0 radical (unpaired) electrons. The second kappa shape index (κ2) is 7.44. The molecule has 5 rings (SSSR count). The predicted octanol–water partition coefficient (Wildman–Crippen LogP) is 2.90. The molecular weight excluding hydrogens is 382 g/mol. The molecule has 0 atom stereocenters. The fraction of sp³-hybridized carbons (Fsp3) is 0.684. The Morgan fingerprint density at radius 3 is 2.70 bits per heavy atom. The molecule has 1 spiro atoms. The number of likely N-dealkylation sites (tertiary alicyclic amines) is 1. The molecule has 0 unspecified atom stereocenters. The van der Waals surface area contributed by atoms with Crippen LogP contribution in [0.1, 0.15) is 30.6 Å². The Labute approximate surface area is 168 Å². The molecule has 6 nitrogen and oxygen atoms in total. The maximum Gasteiger partial charge on any atom is 0.224 e. The molecule has 0 bridgehead atoms. The second-order valence-electron chi connectivity index (χ2n) is 7.93. The molecule has 3 saturated heterocycles. The number of aromatic nitrogens is 2. The lowest BCUT2D eigenvalue weighted by Gasteiger charge is -2.39. The minimum atomic E-state index is 0.334. The van der Waals surface area contributed by atoms with E-state index in [0.717, 1.165) is 48.9 Å². The third-order valence-corrected chi connectivity index (χ3v) is 7.49. The van der Waals surface area contributed by atoms with Gasteiger partial charge in [0.2, 0.25) is 5.28 Å². The van der Waals surface area contributed by atoms with E-state index in [2.05, 4.69) is 31.2 Å². The number of thiophene rings is 1. The zero-order chi connectivity index (χ0) is 18.3. The smallest absolute Gasteiger partial charge is 0.224 e. The highest BCUT2D eigenvalue weighted by atomic mass is 35.5. The molecule has 3 aliphatic heterocycles. The van der Waals surface area contributed by atoms with Crippen molar-refractivity contribution in [2.45, 2.75) is 37.8 Å². The molecule has 3 aliphatic rings. The number of nitrogens with one attached hydrogen (secondary N) is 1. The van der Waals surface area contributed by atoms with Crippen molar-refractivity contribution in [1.82, 2.24) is 20.2 Å². The zero-order valence-corrected chi connectivity index (χ0v) is 17.1. The lowest BCUT2D eigenvalue weighted by molar-refractivity contribution is 0.122. The number of ether oxygens (including phenoxy) is 1. The highest BCUT2D eigenvalue weighted by Gasteiger charge is 2.36. The molecule has 0 saturated carbocycles. The molecular formula is C19H26ClN5OS. The molecule has 3 fully saturated rings. The molecule has 1 N–H and O–H groups in total. The highest BCUT2D eigenvalue weighted by Crippen LogP contribution is 2.35.